The minimum absolute atomic E-state index is 0.00135. The summed E-state index contributed by atoms with van der Waals surface area (Å²) in [6.45, 7) is 0.621. The number of carbonyl (C=O) groups is 1. The van der Waals surface area contributed by atoms with Gasteiger partial charge in [-0.15, -0.1) is 0 Å². The van der Waals surface area contributed by atoms with Crippen LogP contribution in [0.3, 0.4) is 0 Å². The molecule has 1 saturated heterocycles. The van der Waals surface area contributed by atoms with Gasteiger partial charge in [-0.25, -0.2) is 0 Å². The molecule has 1 aliphatic heterocycles. The highest BCUT2D eigenvalue weighted by molar-refractivity contribution is 5.76. The van der Waals surface area contributed by atoms with E-state index in [1.807, 2.05) is 18.2 Å². The van der Waals surface area contributed by atoms with Crippen LogP contribution in [0.25, 0.3) is 6.08 Å². The minimum Gasteiger partial charge on any atom is -0.465 e. The quantitative estimate of drug-likeness (QED) is 0.672. The Kier molecular flexibility index (Phi) is 2.28. The van der Waals surface area contributed by atoms with Gasteiger partial charge in [0.1, 0.15) is 0 Å². The van der Waals surface area contributed by atoms with E-state index in [0.717, 1.165) is 12.8 Å². The molecule has 2 fully saturated rings. The summed E-state index contributed by atoms with van der Waals surface area (Å²) in [5.74, 6) is 0.568. The maximum atomic E-state index is 11.4. The zero-order valence-electron chi connectivity index (χ0n) is 9.06. The van der Waals surface area contributed by atoms with Crippen molar-refractivity contribution in [3.05, 3.63) is 41.5 Å². The number of esters is 1. The molecule has 16 heavy (non-hydrogen) atoms. The van der Waals surface area contributed by atoms with Crippen LogP contribution in [0.4, 0.5) is 0 Å². The predicted octanol–water partition coefficient (Wildman–Crippen LogP) is 2.65. The normalized spacial score (nSPS) is 30.5. The Morgan fingerprint density at radius 3 is 2.75 bits per heavy atom. The summed E-state index contributed by atoms with van der Waals surface area (Å²) in [4.78, 5) is 11.4. The lowest BCUT2D eigenvalue weighted by Gasteiger charge is -2.00. The second-order valence-electron chi connectivity index (χ2n) is 4.62. The number of hydrogen-bond donors (Lipinski definition) is 0. The summed E-state index contributed by atoms with van der Waals surface area (Å²) in [5, 5.41) is 0. The molecule has 82 valence electrons. The lowest BCUT2D eigenvalue weighted by molar-refractivity contribution is -0.141. The summed E-state index contributed by atoms with van der Waals surface area (Å²) in [5.41, 5.74) is 2.61. The van der Waals surface area contributed by atoms with Crippen molar-refractivity contribution in [2.24, 2.45) is 11.8 Å². The number of benzene rings is 1. The van der Waals surface area contributed by atoms with Gasteiger partial charge in [-0.3, -0.25) is 4.79 Å². The molecule has 0 bridgehead atoms. The van der Waals surface area contributed by atoms with Crippen molar-refractivity contribution < 1.29 is 9.53 Å². The zero-order chi connectivity index (χ0) is 11.0. The Morgan fingerprint density at radius 2 is 2.00 bits per heavy atom. The average molecular weight is 214 g/mol. The summed E-state index contributed by atoms with van der Waals surface area (Å²) < 4.78 is 5.05. The Hall–Kier alpha value is -1.57. The van der Waals surface area contributed by atoms with Crippen molar-refractivity contribution >= 4 is 12.0 Å². The van der Waals surface area contributed by atoms with Crippen LogP contribution in [0, 0.1) is 11.8 Å². The fourth-order valence-electron chi connectivity index (χ4n) is 2.66. The highest BCUT2D eigenvalue weighted by atomic mass is 16.5. The third-order valence-corrected chi connectivity index (χ3v) is 3.49. The van der Waals surface area contributed by atoms with Gasteiger partial charge in [-0.05, 0) is 18.4 Å². The molecule has 1 aliphatic carbocycles. The molecular weight excluding hydrogens is 200 g/mol. The number of fused-ring (bicyclic) bond motifs is 1. The Bertz CT molecular complexity index is 433. The van der Waals surface area contributed by atoms with E-state index in [-0.39, 0.29) is 11.9 Å². The lowest BCUT2D eigenvalue weighted by Crippen LogP contribution is -2.08. The van der Waals surface area contributed by atoms with Gasteiger partial charge in [0.25, 0.3) is 0 Å². The number of ether oxygens (including phenoxy) is 1. The molecule has 2 unspecified atom stereocenters. The van der Waals surface area contributed by atoms with E-state index in [1.54, 1.807) is 0 Å². The Morgan fingerprint density at radius 1 is 1.19 bits per heavy atom. The predicted molar refractivity (Wildman–Crippen MR) is 61.6 cm³/mol. The summed E-state index contributed by atoms with van der Waals surface area (Å²) in [6.07, 6.45) is 4.12. The molecule has 3 rings (SSSR count). The van der Waals surface area contributed by atoms with Crippen molar-refractivity contribution in [1.29, 1.82) is 0 Å². The van der Waals surface area contributed by atoms with E-state index in [9.17, 15) is 4.79 Å². The highest BCUT2D eigenvalue weighted by Crippen LogP contribution is 2.41. The van der Waals surface area contributed by atoms with Gasteiger partial charge >= 0.3 is 5.97 Å². The topological polar surface area (TPSA) is 26.3 Å². The Balaban J connectivity index is 1.79. The second kappa shape index (κ2) is 3.78. The fraction of sp³-hybridized carbons (Fsp3) is 0.357. The largest absolute Gasteiger partial charge is 0.465 e. The van der Waals surface area contributed by atoms with Crippen LogP contribution in [0.15, 0.2) is 35.9 Å². The molecule has 2 heteroatoms. The maximum Gasteiger partial charge on any atom is 0.309 e. The van der Waals surface area contributed by atoms with Crippen LogP contribution in [0.2, 0.25) is 0 Å². The summed E-state index contributed by atoms with van der Waals surface area (Å²) in [7, 11) is 0. The molecule has 1 saturated carbocycles. The third-order valence-electron chi connectivity index (χ3n) is 3.49. The van der Waals surface area contributed by atoms with Crippen LogP contribution in [0.1, 0.15) is 18.4 Å². The Labute approximate surface area is 94.9 Å². The molecule has 0 amide bonds. The smallest absolute Gasteiger partial charge is 0.309 e. The lowest BCUT2D eigenvalue weighted by atomic mass is 10.0. The van der Waals surface area contributed by atoms with E-state index >= 15 is 0 Å². The first-order valence-electron chi connectivity index (χ1n) is 5.74. The van der Waals surface area contributed by atoms with Crippen molar-refractivity contribution in [2.75, 3.05) is 6.61 Å². The number of allylic oxidation sites excluding steroid dienone is 1. The van der Waals surface area contributed by atoms with Crippen molar-refractivity contribution in [1.82, 2.24) is 0 Å². The van der Waals surface area contributed by atoms with Gasteiger partial charge < -0.3 is 4.74 Å². The molecule has 0 N–H and O–H groups in total. The first kappa shape index (κ1) is 9.64. The first-order valence-corrected chi connectivity index (χ1v) is 5.74. The summed E-state index contributed by atoms with van der Waals surface area (Å²) in [6, 6.07) is 10.3. The van der Waals surface area contributed by atoms with Crippen molar-refractivity contribution in [3.8, 4) is 0 Å². The molecule has 2 atom stereocenters. The van der Waals surface area contributed by atoms with Crippen LogP contribution >= 0.6 is 0 Å². The van der Waals surface area contributed by atoms with Crippen molar-refractivity contribution in [3.63, 3.8) is 0 Å². The highest BCUT2D eigenvalue weighted by Gasteiger charge is 2.42. The number of hydrogen-bond acceptors (Lipinski definition) is 2. The van der Waals surface area contributed by atoms with Crippen LogP contribution < -0.4 is 0 Å². The van der Waals surface area contributed by atoms with E-state index in [2.05, 4.69) is 18.2 Å². The van der Waals surface area contributed by atoms with Gasteiger partial charge in [-0.1, -0.05) is 42.0 Å². The molecule has 2 aliphatic rings. The standard InChI is InChI=1S/C14H14O2/c15-14-13-8-11(7-12(13)9-16-14)6-10-4-2-1-3-5-10/h1-6,12-13H,7-9H2/b11-6-. The molecule has 2 nitrogen and oxygen atoms in total. The van der Waals surface area contributed by atoms with E-state index in [1.165, 1.54) is 11.1 Å². The maximum absolute atomic E-state index is 11.4. The van der Waals surface area contributed by atoms with Gasteiger partial charge in [0.15, 0.2) is 0 Å². The summed E-state index contributed by atoms with van der Waals surface area (Å²) >= 11 is 0. The zero-order valence-corrected chi connectivity index (χ0v) is 9.06. The van der Waals surface area contributed by atoms with Crippen molar-refractivity contribution in [2.45, 2.75) is 12.8 Å². The SMILES string of the molecule is O=C1OCC2C/C(=C/c3ccccc3)CC12. The monoisotopic (exact) mass is 214 g/mol. The first-order chi connectivity index (χ1) is 7.83. The van der Waals surface area contributed by atoms with E-state index in [0.29, 0.717) is 12.5 Å². The minimum atomic E-state index is 0.00135. The van der Waals surface area contributed by atoms with Gasteiger partial charge in [-0.2, -0.15) is 0 Å². The van der Waals surface area contributed by atoms with Crippen LogP contribution in [-0.4, -0.2) is 12.6 Å². The second-order valence-corrected chi connectivity index (χ2v) is 4.62. The molecule has 0 radical (unpaired) electrons. The van der Waals surface area contributed by atoms with Crippen LogP contribution in [-0.2, 0) is 9.53 Å². The van der Waals surface area contributed by atoms with Gasteiger partial charge in [0, 0.05) is 5.92 Å². The molecular formula is C14H14O2. The molecule has 0 aromatic heterocycles. The third kappa shape index (κ3) is 1.64. The molecule has 1 aromatic rings. The number of cyclic esters (lactones) is 1. The molecule has 0 spiro atoms. The van der Waals surface area contributed by atoms with E-state index in [4.69, 9.17) is 4.74 Å². The van der Waals surface area contributed by atoms with Crippen LogP contribution in [0.5, 0.6) is 0 Å². The number of carbonyl (C=O) groups excluding carboxylic acids is 1. The number of rotatable bonds is 1. The van der Waals surface area contributed by atoms with E-state index < -0.39 is 0 Å². The average Bonchev–Trinajstić information content (AvgIpc) is 2.83. The molecule has 1 aromatic carbocycles. The molecule has 1 heterocycles. The fourth-order valence-corrected chi connectivity index (χ4v) is 2.66. The van der Waals surface area contributed by atoms with Gasteiger partial charge in [0.2, 0.25) is 0 Å². The van der Waals surface area contributed by atoms with Gasteiger partial charge in [0.05, 0.1) is 12.5 Å².